The maximum atomic E-state index is 11.1. The highest BCUT2D eigenvalue weighted by Crippen LogP contribution is 2.15. The summed E-state index contributed by atoms with van der Waals surface area (Å²) in [5.74, 6) is 0.557. The fraction of sp³-hybridized carbons (Fsp3) is 0.588. The number of carboxylic acid groups (broad SMARTS) is 1. The lowest BCUT2D eigenvalue weighted by Crippen LogP contribution is -2.42. The molecule has 0 aromatic carbocycles. The first kappa shape index (κ1) is 18.0. The van der Waals surface area contributed by atoms with Crippen molar-refractivity contribution < 1.29 is 14.6 Å². The van der Waals surface area contributed by atoms with Gasteiger partial charge in [0.05, 0.1) is 13.2 Å². The van der Waals surface area contributed by atoms with E-state index < -0.39 is 5.97 Å². The Morgan fingerprint density at radius 3 is 2.92 bits per heavy atom. The smallest absolute Gasteiger partial charge is 0.325 e. The lowest BCUT2D eigenvalue weighted by molar-refractivity contribution is -0.137. The van der Waals surface area contributed by atoms with E-state index in [1.807, 2.05) is 17.5 Å². The van der Waals surface area contributed by atoms with Crippen LogP contribution in [0.5, 0.6) is 0 Å². The normalized spacial score (nSPS) is 16.8. The lowest BCUT2D eigenvalue weighted by Gasteiger charge is -2.32. The fourth-order valence-corrected chi connectivity index (χ4v) is 3.75. The van der Waals surface area contributed by atoms with Crippen molar-refractivity contribution in [3.8, 4) is 0 Å². The minimum atomic E-state index is -0.893. The van der Waals surface area contributed by atoms with Gasteiger partial charge in [-0.25, -0.2) is 9.67 Å². The quantitative estimate of drug-likeness (QED) is 0.767. The van der Waals surface area contributed by atoms with Gasteiger partial charge in [-0.1, -0.05) is 6.07 Å². The molecule has 7 nitrogen and oxygen atoms in total. The molecule has 1 atom stereocenters. The van der Waals surface area contributed by atoms with Crippen LogP contribution < -0.4 is 0 Å². The zero-order chi connectivity index (χ0) is 17.6. The zero-order valence-electron chi connectivity index (χ0n) is 14.4. The van der Waals surface area contributed by atoms with Gasteiger partial charge in [0.2, 0.25) is 0 Å². The number of ether oxygens (including phenoxy) is 1. The lowest BCUT2D eigenvalue weighted by atomic mass is 10.1. The van der Waals surface area contributed by atoms with E-state index in [2.05, 4.69) is 21.9 Å². The third kappa shape index (κ3) is 5.10. The molecule has 1 aliphatic rings. The summed E-state index contributed by atoms with van der Waals surface area (Å²) in [7, 11) is 0. The molecule has 0 radical (unpaired) electrons. The van der Waals surface area contributed by atoms with E-state index in [-0.39, 0.29) is 6.54 Å². The molecule has 2 aromatic heterocycles. The molecule has 0 spiro atoms. The average molecular weight is 364 g/mol. The molecule has 1 N–H and O–H groups in total. The monoisotopic (exact) mass is 364 g/mol. The fourth-order valence-electron chi connectivity index (χ4n) is 3.05. The summed E-state index contributed by atoms with van der Waals surface area (Å²) in [5.41, 5.74) is 0. The van der Waals surface area contributed by atoms with Gasteiger partial charge in [-0.3, -0.25) is 9.69 Å². The number of hydrogen-bond donors (Lipinski definition) is 1. The predicted molar refractivity (Wildman–Crippen MR) is 95.0 cm³/mol. The molecule has 136 valence electrons. The van der Waals surface area contributed by atoms with Gasteiger partial charge < -0.3 is 9.84 Å². The molecule has 0 aliphatic carbocycles. The Bertz CT molecular complexity index is 680. The Kier molecular flexibility index (Phi) is 6.17. The van der Waals surface area contributed by atoms with Crippen molar-refractivity contribution >= 4 is 17.3 Å². The number of aromatic nitrogens is 3. The number of rotatable bonds is 8. The highest BCUT2D eigenvalue weighted by Gasteiger charge is 2.19. The molecule has 3 heterocycles. The van der Waals surface area contributed by atoms with Gasteiger partial charge >= 0.3 is 5.97 Å². The average Bonchev–Trinajstić information content (AvgIpc) is 3.23. The Morgan fingerprint density at radius 1 is 1.44 bits per heavy atom. The minimum Gasteiger partial charge on any atom is -0.480 e. The van der Waals surface area contributed by atoms with Crippen molar-refractivity contribution in [3.63, 3.8) is 0 Å². The van der Waals surface area contributed by atoms with Gasteiger partial charge in [-0.15, -0.1) is 11.3 Å². The van der Waals surface area contributed by atoms with Crippen LogP contribution in [0.2, 0.25) is 0 Å². The SMILES string of the molecule is C[C@H](CCc1nc(Cc2cccs2)nn1CC(=O)O)N1CCOCC1. The number of aliphatic carboxylic acids is 1. The van der Waals surface area contributed by atoms with Crippen LogP contribution in [0.3, 0.4) is 0 Å². The van der Waals surface area contributed by atoms with Gasteiger partial charge in [0.15, 0.2) is 5.82 Å². The summed E-state index contributed by atoms with van der Waals surface area (Å²) in [4.78, 5) is 19.3. The highest BCUT2D eigenvalue weighted by atomic mass is 32.1. The Morgan fingerprint density at radius 2 is 2.24 bits per heavy atom. The Labute approximate surface area is 151 Å². The van der Waals surface area contributed by atoms with Gasteiger partial charge in [0.25, 0.3) is 0 Å². The first-order valence-corrected chi connectivity index (χ1v) is 9.48. The van der Waals surface area contributed by atoms with E-state index in [4.69, 9.17) is 9.84 Å². The predicted octanol–water partition coefficient (Wildman–Crippen LogP) is 1.67. The van der Waals surface area contributed by atoms with Crippen molar-refractivity contribution in [3.05, 3.63) is 34.0 Å². The van der Waals surface area contributed by atoms with E-state index >= 15 is 0 Å². The van der Waals surface area contributed by atoms with Crippen LogP contribution in [-0.2, 0) is 28.9 Å². The molecule has 1 aliphatic heterocycles. The Balaban J connectivity index is 1.65. The van der Waals surface area contributed by atoms with Crippen molar-refractivity contribution in [2.24, 2.45) is 0 Å². The molecular formula is C17H24N4O3S. The number of hydrogen-bond acceptors (Lipinski definition) is 6. The second-order valence-corrected chi connectivity index (χ2v) is 7.32. The summed E-state index contributed by atoms with van der Waals surface area (Å²) in [6.45, 7) is 5.53. The first-order valence-electron chi connectivity index (χ1n) is 8.60. The number of aryl methyl sites for hydroxylation is 1. The molecule has 0 amide bonds. The molecule has 8 heteroatoms. The van der Waals surface area contributed by atoms with Crippen molar-refractivity contribution in [2.45, 2.75) is 38.8 Å². The molecule has 0 unspecified atom stereocenters. The zero-order valence-corrected chi connectivity index (χ0v) is 15.2. The van der Waals surface area contributed by atoms with Crippen LogP contribution in [0.25, 0.3) is 0 Å². The third-order valence-corrected chi connectivity index (χ3v) is 5.32. The molecular weight excluding hydrogens is 340 g/mol. The summed E-state index contributed by atoms with van der Waals surface area (Å²) in [6.07, 6.45) is 2.30. The van der Waals surface area contributed by atoms with E-state index in [1.54, 1.807) is 11.3 Å². The van der Waals surface area contributed by atoms with Gasteiger partial charge in [0, 0.05) is 36.9 Å². The van der Waals surface area contributed by atoms with Crippen LogP contribution in [0.4, 0.5) is 0 Å². The van der Waals surface area contributed by atoms with E-state index in [1.165, 1.54) is 9.56 Å². The first-order chi connectivity index (χ1) is 12.1. The van der Waals surface area contributed by atoms with Crippen molar-refractivity contribution in [1.29, 1.82) is 0 Å². The molecule has 25 heavy (non-hydrogen) atoms. The van der Waals surface area contributed by atoms with E-state index in [9.17, 15) is 4.79 Å². The van der Waals surface area contributed by atoms with Gasteiger partial charge in [0.1, 0.15) is 12.4 Å². The summed E-state index contributed by atoms with van der Waals surface area (Å²) in [6, 6.07) is 4.46. The van der Waals surface area contributed by atoms with Crippen LogP contribution in [-0.4, -0.2) is 63.1 Å². The number of morpholine rings is 1. The Hall–Kier alpha value is -1.77. The standard InChI is InChI=1S/C17H24N4O3S/c1-13(20-6-8-24-9-7-20)4-5-16-18-15(11-14-3-2-10-25-14)19-21(16)12-17(22)23/h2-3,10,13H,4-9,11-12H2,1H3,(H,22,23)/t13-/m1/s1. The summed E-state index contributed by atoms with van der Waals surface area (Å²) >= 11 is 1.66. The second-order valence-electron chi connectivity index (χ2n) is 6.29. The summed E-state index contributed by atoms with van der Waals surface area (Å²) in [5, 5.41) is 15.6. The topological polar surface area (TPSA) is 80.5 Å². The molecule has 1 fully saturated rings. The van der Waals surface area contributed by atoms with Crippen LogP contribution in [0.1, 0.15) is 29.9 Å². The number of carboxylic acids is 1. The van der Waals surface area contributed by atoms with E-state index in [0.717, 1.165) is 45.0 Å². The number of thiophene rings is 1. The van der Waals surface area contributed by atoms with Crippen molar-refractivity contribution in [2.75, 3.05) is 26.3 Å². The molecule has 0 saturated carbocycles. The van der Waals surface area contributed by atoms with E-state index in [0.29, 0.717) is 18.3 Å². The van der Waals surface area contributed by atoms with Gasteiger partial charge in [-0.05, 0) is 24.8 Å². The largest absolute Gasteiger partial charge is 0.480 e. The summed E-state index contributed by atoms with van der Waals surface area (Å²) < 4.78 is 6.94. The van der Waals surface area contributed by atoms with Crippen LogP contribution in [0.15, 0.2) is 17.5 Å². The molecule has 3 rings (SSSR count). The molecule has 2 aromatic rings. The third-order valence-electron chi connectivity index (χ3n) is 4.44. The maximum Gasteiger partial charge on any atom is 0.325 e. The second kappa shape index (κ2) is 8.55. The maximum absolute atomic E-state index is 11.1. The number of carbonyl (C=O) groups is 1. The van der Waals surface area contributed by atoms with Crippen LogP contribution in [0, 0.1) is 0 Å². The number of nitrogens with zero attached hydrogens (tertiary/aromatic N) is 4. The minimum absolute atomic E-state index is 0.140. The van der Waals surface area contributed by atoms with Gasteiger partial charge in [-0.2, -0.15) is 5.10 Å². The highest BCUT2D eigenvalue weighted by molar-refractivity contribution is 7.09. The molecule has 0 bridgehead atoms. The van der Waals surface area contributed by atoms with Crippen LogP contribution >= 0.6 is 11.3 Å². The van der Waals surface area contributed by atoms with Crippen molar-refractivity contribution in [1.82, 2.24) is 19.7 Å². The molecule has 1 saturated heterocycles.